The van der Waals surface area contributed by atoms with Gasteiger partial charge in [-0.1, -0.05) is 47.6 Å². The predicted octanol–water partition coefficient (Wildman–Crippen LogP) is 4.08. The van der Waals surface area contributed by atoms with Crippen LogP contribution in [0.15, 0.2) is 17.1 Å². The van der Waals surface area contributed by atoms with E-state index < -0.39 is 0 Å². The molecule has 0 atom stereocenters. The maximum atomic E-state index is 5.74. The molecule has 1 aromatic carbocycles. The summed E-state index contributed by atoms with van der Waals surface area (Å²) >= 11 is 0. The molecule has 0 aromatic heterocycles. The zero-order chi connectivity index (χ0) is 18.0. The van der Waals surface area contributed by atoms with E-state index in [2.05, 4.69) is 58.7 Å². The van der Waals surface area contributed by atoms with Gasteiger partial charge in [-0.05, 0) is 22.5 Å². The van der Waals surface area contributed by atoms with Gasteiger partial charge in [-0.25, -0.2) is 0 Å². The number of nitrogens with zero attached hydrogens (tertiary/aromatic N) is 1. The van der Waals surface area contributed by atoms with E-state index in [9.17, 15) is 0 Å². The van der Waals surface area contributed by atoms with Crippen LogP contribution >= 0.6 is 0 Å². The van der Waals surface area contributed by atoms with Crippen LogP contribution in [0, 0.1) is 0 Å². The monoisotopic (exact) mass is 333 g/mol. The van der Waals surface area contributed by atoms with Gasteiger partial charge in [0.1, 0.15) is 5.75 Å². The van der Waals surface area contributed by atoms with Gasteiger partial charge < -0.3 is 14.2 Å². The molecular weight excluding hydrogens is 302 g/mol. The largest absolute Gasteiger partial charge is 0.496 e. The van der Waals surface area contributed by atoms with Gasteiger partial charge in [-0.3, -0.25) is 4.99 Å². The number of methoxy groups -OCH3 is 1. The van der Waals surface area contributed by atoms with Gasteiger partial charge in [0.15, 0.2) is 6.29 Å². The van der Waals surface area contributed by atoms with Gasteiger partial charge in [0.05, 0.1) is 26.9 Å². The highest BCUT2D eigenvalue weighted by Crippen LogP contribution is 2.37. The van der Waals surface area contributed by atoms with Crippen molar-refractivity contribution in [3.8, 4) is 5.75 Å². The predicted molar refractivity (Wildman–Crippen MR) is 98.5 cm³/mol. The Hall–Kier alpha value is -1.39. The van der Waals surface area contributed by atoms with E-state index in [0.717, 1.165) is 11.3 Å². The average Bonchev–Trinajstić information content (AvgIpc) is 2.97. The van der Waals surface area contributed by atoms with Crippen molar-refractivity contribution in [1.82, 2.24) is 0 Å². The molecule has 1 heterocycles. The number of benzene rings is 1. The molecule has 0 spiro atoms. The smallest absolute Gasteiger partial charge is 0.177 e. The van der Waals surface area contributed by atoms with Gasteiger partial charge in [0.2, 0.25) is 0 Å². The Kier molecular flexibility index (Phi) is 5.71. The van der Waals surface area contributed by atoms with Crippen LogP contribution in [0.2, 0.25) is 0 Å². The minimum absolute atomic E-state index is 0.00708. The van der Waals surface area contributed by atoms with E-state index in [1.807, 2.05) is 6.21 Å². The molecule has 0 saturated carbocycles. The van der Waals surface area contributed by atoms with Crippen molar-refractivity contribution in [2.45, 2.75) is 58.7 Å². The Morgan fingerprint density at radius 1 is 1.08 bits per heavy atom. The SMILES string of the molecule is COc1c(C=NCC2OCCO2)cc(C(C)(C)C)cc1C(C)(C)C. The lowest BCUT2D eigenvalue weighted by Gasteiger charge is -2.28. The van der Waals surface area contributed by atoms with Crippen LogP contribution in [0.5, 0.6) is 5.75 Å². The summed E-state index contributed by atoms with van der Waals surface area (Å²) in [6.45, 7) is 15.1. The maximum absolute atomic E-state index is 5.74. The number of ether oxygens (including phenoxy) is 3. The van der Waals surface area contributed by atoms with E-state index in [0.29, 0.717) is 19.8 Å². The zero-order valence-corrected chi connectivity index (χ0v) is 16.1. The van der Waals surface area contributed by atoms with Gasteiger partial charge in [0, 0.05) is 17.3 Å². The highest BCUT2D eigenvalue weighted by Gasteiger charge is 2.25. The molecule has 1 fully saturated rings. The van der Waals surface area contributed by atoms with Gasteiger partial charge >= 0.3 is 0 Å². The minimum atomic E-state index is -0.222. The average molecular weight is 333 g/mol. The summed E-state index contributed by atoms with van der Waals surface area (Å²) in [5, 5.41) is 0. The van der Waals surface area contributed by atoms with E-state index >= 15 is 0 Å². The summed E-state index contributed by atoms with van der Waals surface area (Å²) in [6.07, 6.45) is 1.66. The van der Waals surface area contributed by atoms with Crippen molar-refractivity contribution in [1.29, 1.82) is 0 Å². The molecule has 134 valence electrons. The summed E-state index contributed by atoms with van der Waals surface area (Å²) in [5.41, 5.74) is 3.54. The molecule has 1 aromatic rings. The lowest BCUT2D eigenvalue weighted by atomic mass is 9.79. The Balaban J connectivity index is 2.41. The first kappa shape index (κ1) is 18.9. The normalized spacial score (nSPS) is 17.0. The number of hydrogen-bond donors (Lipinski definition) is 0. The minimum Gasteiger partial charge on any atom is -0.496 e. The summed E-state index contributed by atoms with van der Waals surface area (Å²) < 4.78 is 16.6. The van der Waals surface area contributed by atoms with Gasteiger partial charge in [-0.2, -0.15) is 0 Å². The molecule has 4 nitrogen and oxygen atoms in total. The summed E-state index contributed by atoms with van der Waals surface area (Å²) in [6, 6.07) is 4.44. The highest BCUT2D eigenvalue weighted by atomic mass is 16.7. The fraction of sp³-hybridized carbons (Fsp3) is 0.650. The first-order chi connectivity index (χ1) is 11.1. The zero-order valence-electron chi connectivity index (χ0n) is 16.1. The molecule has 1 aliphatic rings. The molecule has 0 amide bonds. The van der Waals surface area contributed by atoms with Crippen LogP contribution < -0.4 is 4.74 Å². The van der Waals surface area contributed by atoms with Crippen LogP contribution in [0.1, 0.15) is 58.2 Å². The van der Waals surface area contributed by atoms with E-state index in [-0.39, 0.29) is 17.1 Å². The van der Waals surface area contributed by atoms with Crippen LogP contribution in [0.3, 0.4) is 0 Å². The third kappa shape index (κ3) is 4.58. The third-order valence-electron chi connectivity index (χ3n) is 4.17. The first-order valence-corrected chi connectivity index (χ1v) is 8.59. The second kappa shape index (κ2) is 7.24. The second-order valence-corrected chi connectivity index (χ2v) is 8.31. The van der Waals surface area contributed by atoms with Crippen LogP contribution in [-0.2, 0) is 20.3 Å². The highest BCUT2D eigenvalue weighted by molar-refractivity contribution is 5.85. The second-order valence-electron chi connectivity index (χ2n) is 8.31. The van der Waals surface area contributed by atoms with Gasteiger partial charge in [-0.15, -0.1) is 0 Å². The van der Waals surface area contributed by atoms with E-state index in [1.165, 1.54) is 11.1 Å². The van der Waals surface area contributed by atoms with Crippen molar-refractivity contribution in [2.24, 2.45) is 4.99 Å². The third-order valence-corrected chi connectivity index (χ3v) is 4.17. The summed E-state index contributed by atoms with van der Waals surface area (Å²) in [4.78, 5) is 4.52. The number of aliphatic imine (C=N–C) groups is 1. The quantitative estimate of drug-likeness (QED) is 0.780. The van der Waals surface area contributed by atoms with Crippen molar-refractivity contribution in [2.75, 3.05) is 26.9 Å². The molecule has 0 radical (unpaired) electrons. The lowest BCUT2D eigenvalue weighted by Crippen LogP contribution is -2.19. The van der Waals surface area contributed by atoms with Crippen LogP contribution in [0.4, 0.5) is 0 Å². The molecule has 1 aliphatic heterocycles. The molecule has 2 rings (SSSR count). The molecule has 4 heteroatoms. The van der Waals surface area contributed by atoms with Crippen molar-refractivity contribution < 1.29 is 14.2 Å². The topological polar surface area (TPSA) is 40.0 Å². The van der Waals surface area contributed by atoms with E-state index in [4.69, 9.17) is 14.2 Å². The fourth-order valence-corrected chi connectivity index (χ4v) is 2.71. The van der Waals surface area contributed by atoms with Crippen molar-refractivity contribution >= 4 is 6.21 Å². The Bertz CT molecular complexity index is 588. The molecule has 24 heavy (non-hydrogen) atoms. The molecule has 0 unspecified atom stereocenters. The maximum Gasteiger partial charge on any atom is 0.177 e. The Labute approximate surface area is 146 Å². The van der Waals surface area contributed by atoms with Gasteiger partial charge in [0.25, 0.3) is 0 Å². The fourth-order valence-electron chi connectivity index (χ4n) is 2.71. The van der Waals surface area contributed by atoms with Crippen LogP contribution in [-0.4, -0.2) is 39.4 Å². The van der Waals surface area contributed by atoms with Crippen molar-refractivity contribution in [3.63, 3.8) is 0 Å². The standard InChI is InChI=1S/C20H31NO3/c1-19(2,3)15-10-14(12-21-13-17-23-8-9-24-17)18(22-7)16(11-15)20(4,5)6/h10-12,17H,8-9,13H2,1-7H3. The van der Waals surface area contributed by atoms with E-state index in [1.54, 1.807) is 7.11 Å². The number of rotatable bonds is 4. The lowest BCUT2D eigenvalue weighted by molar-refractivity contribution is -0.0325. The summed E-state index contributed by atoms with van der Waals surface area (Å²) in [5.74, 6) is 0.896. The summed E-state index contributed by atoms with van der Waals surface area (Å²) in [7, 11) is 1.72. The Morgan fingerprint density at radius 2 is 1.71 bits per heavy atom. The molecule has 0 aliphatic carbocycles. The Morgan fingerprint density at radius 3 is 2.21 bits per heavy atom. The first-order valence-electron chi connectivity index (χ1n) is 8.59. The van der Waals surface area contributed by atoms with Crippen molar-refractivity contribution in [3.05, 3.63) is 28.8 Å². The molecular formula is C20H31NO3. The number of hydrogen-bond acceptors (Lipinski definition) is 4. The molecule has 1 saturated heterocycles. The van der Waals surface area contributed by atoms with Crippen LogP contribution in [0.25, 0.3) is 0 Å². The molecule has 0 bridgehead atoms. The molecule has 0 N–H and O–H groups in total.